The van der Waals surface area contributed by atoms with Crippen molar-refractivity contribution < 1.29 is 4.79 Å². The Labute approximate surface area is 149 Å². The maximum Gasteiger partial charge on any atom is 0.274 e. The van der Waals surface area contributed by atoms with E-state index in [0.717, 1.165) is 5.69 Å². The van der Waals surface area contributed by atoms with Crippen LogP contribution in [0.2, 0.25) is 5.02 Å². The van der Waals surface area contributed by atoms with Crippen LogP contribution >= 0.6 is 11.6 Å². The lowest BCUT2D eigenvalue weighted by Crippen LogP contribution is -2.14. The van der Waals surface area contributed by atoms with Gasteiger partial charge in [0.15, 0.2) is 0 Å². The molecule has 2 N–H and O–H groups in total. The summed E-state index contributed by atoms with van der Waals surface area (Å²) in [5.41, 5.74) is 1.94. The average Bonchev–Trinajstić information content (AvgIpc) is 2.64. The summed E-state index contributed by atoms with van der Waals surface area (Å²) >= 11 is 5.85. The highest BCUT2D eigenvalue weighted by Crippen LogP contribution is 2.17. The van der Waals surface area contributed by atoms with Crippen molar-refractivity contribution in [2.24, 2.45) is 0 Å². The van der Waals surface area contributed by atoms with Gasteiger partial charge in [-0.2, -0.15) is 5.26 Å². The first-order chi connectivity index (χ1) is 12.1. The van der Waals surface area contributed by atoms with Crippen molar-refractivity contribution in [3.63, 3.8) is 0 Å². The van der Waals surface area contributed by atoms with Crippen molar-refractivity contribution in [2.75, 3.05) is 10.6 Å². The fourth-order valence-electron chi connectivity index (χ4n) is 2.07. The standard InChI is InChI=1S/C18H12ClN5O/c19-13-4-6-14(7-5-13)23-18-21-9-8-16(24-18)17(25)22-15-3-1-2-12(10-15)11-20/h1-10H,(H,22,25)(H,21,23,24). The van der Waals surface area contributed by atoms with Crippen LogP contribution < -0.4 is 10.6 Å². The molecule has 3 aromatic rings. The minimum absolute atomic E-state index is 0.203. The molecule has 25 heavy (non-hydrogen) atoms. The van der Waals surface area contributed by atoms with Crippen LogP contribution in [0.3, 0.4) is 0 Å². The highest BCUT2D eigenvalue weighted by molar-refractivity contribution is 6.30. The number of nitrogens with zero attached hydrogens (tertiary/aromatic N) is 3. The molecule has 0 aliphatic carbocycles. The molecule has 2 aromatic carbocycles. The van der Waals surface area contributed by atoms with Crippen molar-refractivity contribution in [3.05, 3.63) is 77.1 Å². The van der Waals surface area contributed by atoms with E-state index in [0.29, 0.717) is 22.2 Å². The second-order valence-electron chi connectivity index (χ2n) is 5.04. The fourth-order valence-corrected chi connectivity index (χ4v) is 2.20. The number of benzene rings is 2. The van der Waals surface area contributed by atoms with E-state index in [4.69, 9.17) is 16.9 Å². The second kappa shape index (κ2) is 7.43. The molecule has 0 spiro atoms. The molecule has 6 nitrogen and oxygen atoms in total. The van der Waals surface area contributed by atoms with Gasteiger partial charge in [0.05, 0.1) is 11.6 Å². The molecule has 1 heterocycles. The van der Waals surface area contributed by atoms with Crippen molar-refractivity contribution in [1.29, 1.82) is 5.26 Å². The van der Waals surface area contributed by atoms with Gasteiger partial charge in [-0.3, -0.25) is 4.79 Å². The summed E-state index contributed by atoms with van der Waals surface area (Å²) < 4.78 is 0. The molecular weight excluding hydrogens is 338 g/mol. The SMILES string of the molecule is N#Cc1cccc(NC(=O)c2ccnc(Nc3ccc(Cl)cc3)n2)c1. The highest BCUT2D eigenvalue weighted by atomic mass is 35.5. The summed E-state index contributed by atoms with van der Waals surface area (Å²) in [6.45, 7) is 0. The van der Waals surface area contributed by atoms with Gasteiger partial charge in [-0.25, -0.2) is 9.97 Å². The Balaban J connectivity index is 1.75. The summed E-state index contributed by atoms with van der Waals surface area (Å²) in [4.78, 5) is 20.6. The third-order valence-electron chi connectivity index (χ3n) is 3.24. The number of aromatic nitrogens is 2. The number of nitriles is 1. The van der Waals surface area contributed by atoms with Gasteiger partial charge in [0.1, 0.15) is 5.69 Å². The van der Waals surface area contributed by atoms with E-state index < -0.39 is 5.91 Å². The van der Waals surface area contributed by atoms with Crippen LogP contribution in [-0.2, 0) is 0 Å². The van der Waals surface area contributed by atoms with Crippen LogP contribution in [0.5, 0.6) is 0 Å². The fraction of sp³-hybridized carbons (Fsp3) is 0. The summed E-state index contributed by atoms with van der Waals surface area (Å²) in [6.07, 6.45) is 1.49. The Morgan fingerprint density at radius 1 is 1.08 bits per heavy atom. The predicted octanol–water partition coefficient (Wildman–Crippen LogP) is 4.00. The second-order valence-corrected chi connectivity index (χ2v) is 5.48. The first-order valence-corrected chi connectivity index (χ1v) is 7.69. The Bertz CT molecular complexity index is 950. The number of carbonyl (C=O) groups excluding carboxylic acids is 1. The number of nitrogens with one attached hydrogen (secondary N) is 2. The number of rotatable bonds is 4. The monoisotopic (exact) mass is 349 g/mol. The Hall–Kier alpha value is -3.43. The maximum atomic E-state index is 12.3. The van der Waals surface area contributed by atoms with Crippen molar-refractivity contribution >= 4 is 34.8 Å². The van der Waals surface area contributed by atoms with E-state index in [-0.39, 0.29) is 5.69 Å². The number of hydrogen-bond acceptors (Lipinski definition) is 5. The van der Waals surface area contributed by atoms with Gasteiger partial charge in [0.2, 0.25) is 5.95 Å². The first-order valence-electron chi connectivity index (χ1n) is 7.31. The van der Waals surface area contributed by atoms with E-state index in [2.05, 4.69) is 20.6 Å². The molecule has 1 amide bonds. The van der Waals surface area contributed by atoms with Crippen LogP contribution in [0.4, 0.5) is 17.3 Å². The maximum absolute atomic E-state index is 12.3. The molecule has 0 saturated heterocycles. The molecule has 1 aromatic heterocycles. The predicted molar refractivity (Wildman–Crippen MR) is 95.9 cm³/mol. The van der Waals surface area contributed by atoms with Crippen LogP contribution in [-0.4, -0.2) is 15.9 Å². The number of carbonyl (C=O) groups is 1. The molecule has 0 aliphatic rings. The van der Waals surface area contributed by atoms with E-state index in [1.54, 1.807) is 48.5 Å². The number of amides is 1. The number of halogens is 1. The third kappa shape index (κ3) is 4.31. The van der Waals surface area contributed by atoms with E-state index in [1.807, 2.05) is 6.07 Å². The van der Waals surface area contributed by atoms with Gasteiger partial charge in [-0.1, -0.05) is 17.7 Å². The average molecular weight is 350 g/mol. The Morgan fingerprint density at radius 3 is 2.64 bits per heavy atom. The van der Waals surface area contributed by atoms with E-state index >= 15 is 0 Å². The lowest BCUT2D eigenvalue weighted by Gasteiger charge is -2.07. The molecule has 0 fully saturated rings. The number of hydrogen-bond donors (Lipinski definition) is 2. The lowest BCUT2D eigenvalue weighted by molar-refractivity contribution is 0.102. The summed E-state index contributed by atoms with van der Waals surface area (Å²) in [7, 11) is 0. The first kappa shape index (κ1) is 16.4. The summed E-state index contributed by atoms with van der Waals surface area (Å²) in [6, 6.07) is 17.2. The van der Waals surface area contributed by atoms with Crippen LogP contribution in [0.1, 0.15) is 16.1 Å². The van der Waals surface area contributed by atoms with Crippen molar-refractivity contribution in [1.82, 2.24) is 9.97 Å². The van der Waals surface area contributed by atoms with E-state index in [1.165, 1.54) is 12.3 Å². The molecule has 0 saturated carbocycles. The highest BCUT2D eigenvalue weighted by Gasteiger charge is 2.10. The van der Waals surface area contributed by atoms with Crippen molar-refractivity contribution in [2.45, 2.75) is 0 Å². The molecular formula is C18H12ClN5O. The van der Waals surface area contributed by atoms with Gasteiger partial charge >= 0.3 is 0 Å². The smallest absolute Gasteiger partial charge is 0.274 e. The molecule has 7 heteroatoms. The van der Waals surface area contributed by atoms with Crippen molar-refractivity contribution in [3.8, 4) is 6.07 Å². The third-order valence-corrected chi connectivity index (χ3v) is 3.49. The zero-order valence-corrected chi connectivity index (χ0v) is 13.7. The summed E-state index contributed by atoms with van der Waals surface area (Å²) in [5, 5.41) is 15.2. The zero-order valence-electron chi connectivity index (χ0n) is 12.9. The van der Waals surface area contributed by atoms with Crippen LogP contribution in [0.15, 0.2) is 60.8 Å². The lowest BCUT2D eigenvalue weighted by atomic mass is 10.2. The minimum atomic E-state index is -0.392. The topological polar surface area (TPSA) is 90.7 Å². The molecule has 3 rings (SSSR count). The molecule has 0 radical (unpaired) electrons. The largest absolute Gasteiger partial charge is 0.324 e. The van der Waals surface area contributed by atoms with E-state index in [9.17, 15) is 4.79 Å². The van der Waals surface area contributed by atoms with Gasteiger partial charge in [-0.15, -0.1) is 0 Å². The van der Waals surface area contributed by atoms with Crippen LogP contribution in [0.25, 0.3) is 0 Å². The zero-order chi connectivity index (χ0) is 17.6. The van der Waals surface area contributed by atoms with Crippen LogP contribution in [0, 0.1) is 11.3 Å². The Morgan fingerprint density at radius 2 is 1.88 bits per heavy atom. The normalized spacial score (nSPS) is 9.92. The molecule has 0 unspecified atom stereocenters. The minimum Gasteiger partial charge on any atom is -0.324 e. The number of anilines is 3. The molecule has 122 valence electrons. The van der Waals surface area contributed by atoms with Gasteiger partial charge < -0.3 is 10.6 Å². The molecule has 0 atom stereocenters. The molecule has 0 aliphatic heterocycles. The molecule has 0 bridgehead atoms. The quantitative estimate of drug-likeness (QED) is 0.743. The van der Waals surface area contributed by atoms with Gasteiger partial charge in [0, 0.05) is 22.6 Å². The summed E-state index contributed by atoms with van der Waals surface area (Å²) in [5.74, 6) is -0.0996. The Kier molecular flexibility index (Phi) is 4.88. The van der Waals surface area contributed by atoms with Gasteiger partial charge in [0.25, 0.3) is 5.91 Å². The van der Waals surface area contributed by atoms with Gasteiger partial charge in [-0.05, 0) is 48.5 Å².